The molecule has 2 rings (SSSR count). The minimum atomic E-state index is -0.455. The molecule has 1 aromatic heterocycles. The molecule has 0 atom stereocenters. The number of aromatic nitrogens is 2. The standard InChI is InChI=1S/C10H9FN4O/c11-7-3-1-2-4-8(7)16-10-5-9(15-12)13-6-14-10/h1-6H,12H2,(H,13,14,15). The average Bonchev–Trinajstić information content (AvgIpc) is 2.32. The van der Waals surface area contributed by atoms with Crippen molar-refractivity contribution >= 4 is 5.82 Å². The Kier molecular flexibility index (Phi) is 2.93. The zero-order chi connectivity index (χ0) is 11.4. The Balaban J connectivity index is 2.24. The monoisotopic (exact) mass is 220 g/mol. The van der Waals surface area contributed by atoms with E-state index < -0.39 is 5.82 Å². The van der Waals surface area contributed by atoms with Crippen LogP contribution >= 0.6 is 0 Å². The normalized spacial score (nSPS) is 9.88. The second-order valence-electron chi connectivity index (χ2n) is 2.92. The molecule has 0 fully saturated rings. The van der Waals surface area contributed by atoms with Gasteiger partial charge in [0.25, 0.3) is 0 Å². The first-order valence-electron chi connectivity index (χ1n) is 4.50. The van der Waals surface area contributed by atoms with E-state index in [2.05, 4.69) is 15.4 Å². The topological polar surface area (TPSA) is 73.1 Å². The van der Waals surface area contributed by atoms with E-state index in [4.69, 9.17) is 10.6 Å². The molecule has 2 aromatic rings. The molecule has 0 amide bonds. The van der Waals surface area contributed by atoms with Crippen molar-refractivity contribution in [1.82, 2.24) is 9.97 Å². The highest BCUT2D eigenvalue weighted by atomic mass is 19.1. The van der Waals surface area contributed by atoms with Crippen molar-refractivity contribution in [3.05, 3.63) is 42.5 Å². The molecule has 16 heavy (non-hydrogen) atoms. The van der Waals surface area contributed by atoms with Crippen LogP contribution in [0.2, 0.25) is 0 Å². The summed E-state index contributed by atoms with van der Waals surface area (Å²) in [6.07, 6.45) is 1.27. The van der Waals surface area contributed by atoms with E-state index in [9.17, 15) is 4.39 Å². The first-order valence-corrected chi connectivity index (χ1v) is 4.50. The molecule has 0 saturated heterocycles. The minimum Gasteiger partial charge on any atom is -0.436 e. The van der Waals surface area contributed by atoms with Crippen LogP contribution in [0.1, 0.15) is 0 Å². The molecule has 82 valence electrons. The molecule has 0 spiro atoms. The average molecular weight is 220 g/mol. The maximum Gasteiger partial charge on any atom is 0.224 e. The number of hydrazine groups is 1. The Labute approximate surface area is 91.1 Å². The van der Waals surface area contributed by atoms with Gasteiger partial charge in [-0.2, -0.15) is 0 Å². The molecule has 0 bridgehead atoms. The molecule has 0 aliphatic heterocycles. The largest absolute Gasteiger partial charge is 0.436 e. The molecule has 6 heteroatoms. The number of nitrogen functional groups attached to an aromatic ring is 1. The van der Waals surface area contributed by atoms with E-state index in [1.165, 1.54) is 24.5 Å². The molecule has 0 saturated carbocycles. The second kappa shape index (κ2) is 4.54. The smallest absolute Gasteiger partial charge is 0.224 e. The predicted molar refractivity (Wildman–Crippen MR) is 56.3 cm³/mol. The number of nitrogens with two attached hydrogens (primary N) is 1. The number of nitrogens with zero attached hydrogens (tertiary/aromatic N) is 2. The van der Waals surface area contributed by atoms with Crippen molar-refractivity contribution in [2.75, 3.05) is 5.43 Å². The number of hydrogen-bond acceptors (Lipinski definition) is 5. The number of para-hydroxylation sites is 1. The fourth-order valence-electron chi connectivity index (χ4n) is 1.11. The van der Waals surface area contributed by atoms with Crippen LogP contribution in [0.15, 0.2) is 36.7 Å². The molecule has 3 N–H and O–H groups in total. The van der Waals surface area contributed by atoms with Gasteiger partial charge in [-0.25, -0.2) is 20.2 Å². The number of nitrogens with one attached hydrogen (secondary N) is 1. The van der Waals surface area contributed by atoms with Crippen LogP contribution in [0.3, 0.4) is 0 Å². The summed E-state index contributed by atoms with van der Waals surface area (Å²) in [5.41, 5.74) is 2.34. The lowest BCUT2D eigenvalue weighted by atomic mass is 10.3. The Bertz CT molecular complexity index is 492. The summed E-state index contributed by atoms with van der Waals surface area (Å²) >= 11 is 0. The van der Waals surface area contributed by atoms with Gasteiger partial charge in [0.15, 0.2) is 11.6 Å². The van der Waals surface area contributed by atoms with Gasteiger partial charge in [0.1, 0.15) is 12.1 Å². The molecule has 0 aliphatic carbocycles. The quantitative estimate of drug-likeness (QED) is 0.608. The molecule has 1 aromatic carbocycles. The van der Waals surface area contributed by atoms with Crippen molar-refractivity contribution in [3.63, 3.8) is 0 Å². The van der Waals surface area contributed by atoms with Crippen LogP contribution in [0.25, 0.3) is 0 Å². The van der Waals surface area contributed by atoms with Crippen molar-refractivity contribution in [2.45, 2.75) is 0 Å². The Hall–Kier alpha value is -2.21. The zero-order valence-electron chi connectivity index (χ0n) is 8.22. The first kappa shape index (κ1) is 10.3. The van der Waals surface area contributed by atoms with Gasteiger partial charge < -0.3 is 10.2 Å². The third-order valence-electron chi connectivity index (χ3n) is 1.84. The summed E-state index contributed by atoms with van der Waals surface area (Å²) in [5.74, 6) is 5.42. The van der Waals surface area contributed by atoms with Gasteiger partial charge >= 0.3 is 0 Å². The van der Waals surface area contributed by atoms with Gasteiger partial charge in [-0.05, 0) is 12.1 Å². The van der Waals surface area contributed by atoms with Crippen LogP contribution in [0, 0.1) is 5.82 Å². The van der Waals surface area contributed by atoms with Gasteiger partial charge in [0.2, 0.25) is 5.88 Å². The van der Waals surface area contributed by atoms with Crippen molar-refractivity contribution in [3.8, 4) is 11.6 Å². The van der Waals surface area contributed by atoms with Crippen LogP contribution in [0.5, 0.6) is 11.6 Å². The summed E-state index contributed by atoms with van der Waals surface area (Å²) in [7, 11) is 0. The Morgan fingerprint density at radius 2 is 2.06 bits per heavy atom. The molecular formula is C10H9FN4O. The zero-order valence-corrected chi connectivity index (χ0v) is 8.22. The van der Waals surface area contributed by atoms with E-state index in [0.29, 0.717) is 5.82 Å². The lowest BCUT2D eigenvalue weighted by Gasteiger charge is -2.06. The lowest BCUT2D eigenvalue weighted by molar-refractivity contribution is 0.427. The molecule has 0 aliphatic rings. The van der Waals surface area contributed by atoms with E-state index >= 15 is 0 Å². The molecular weight excluding hydrogens is 211 g/mol. The first-order chi connectivity index (χ1) is 7.79. The maximum absolute atomic E-state index is 13.2. The van der Waals surface area contributed by atoms with Gasteiger partial charge in [0.05, 0.1) is 0 Å². The SMILES string of the molecule is NNc1cc(Oc2ccccc2F)ncn1. The van der Waals surface area contributed by atoms with Crippen LogP contribution < -0.4 is 16.0 Å². The number of halogens is 1. The highest BCUT2D eigenvalue weighted by Crippen LogP contribution is 2.22. The highest BCUT2D eigenvalue weighted by Gasteiger charge is 2.04. The minimum absolute atomic E-state index is 0.101. The predicted octanol–water partition coefficient (Wildman–Crippen LogP) is 1.69. The summed E-state index contributed by atoms with van der Waals surface area (Å²) in [6.45, 7) is 0. The number of ether oxygens (including phenoxy) is 1. The molecule has 0 radical (unpaired) electrons. The summed E-state index contributed by atoms with van der Waals surface area (Å²) in [5, 5.41) is 0. The summed E-state index contributed by atoms with van der Waals surface area (Å²) in [6, 6.07) is 7.52. The van der Waals surface area contributed by atoms with E-state index in [-0.39, 0.29) is 11.6 Å². The van der Waals surface area contributed by atoms with E-state index in [0.717, 1.165) is 0 Å². The second-order valence-corrected chi connectivity index (χ2v) is 2.92. The van der Waals surface area contributed by atoms with Crippen molar-refractivity contribution in [2.24, 2.45) is 5.84 Å². The van der Waals surface area contributed by atoms with Crippen LogP contribution in [-0.2, 0) is 0 Å². The van der Waals surface area contributed by atoms with Crippen LogP contribution in [0.4, 0.5) is 10.2 Å². The third kappa shape index (κ3) is 2.23. The fourth-order valence-corrected chi connectivity index (χ4v) is 1.11. The van der Waals surface area contributed by atoms with Gasteiger partial charge in [-0.3, -0.25) is 0 Å². The van der Waals surface area contributed by atoms with Gasteiger partial charge in [0, 0.05) is 6.07 Å². The van der Waals surface area contributed by atoms with Gasteiger partial charge in [-0.15, -0.1) is 0 Å². The summed E-state index contributed by atoms with van der Waals surface area (Å²) < 4.78 is 18.5. The number of rotatable bonds is 3. The molecule has 0 unspecified atom stereocenters. The van der Waals surface area contributed by atoms with E-state index in [1.54, 1.807) is 12.1 Å². The lowest BCUT2D eigenvalue weighted by Crippen LogP contribution is -2.08. The number of hydrogen-bond donors (Lipinski definition) is 2. The van der Waals surface area contributed by atoms with Crippen LogP contribution in [-0.4, -0.2) is 9.97 Å². The summed E-state index contributed by atoms with van der Waals surface area (Å²) in [4.78, 5) is 7.63. The highest BCUT2D eigenvalue weighted by molar-refractivity contribution is 5.37. The number of anilines is 1. The molecule has 1 heterocycles. The number of benzene rings is 1. The van der Waals surface area contributed by atoms with Crippen molar-refractivity contribution < 1.29 is 9.13 Å². The Morgan fingerprint density at radius 1 is 1.25 bits per heavy atom. The fraction of sp³-hybridized carbons (Fsp3) is 0. The third-order valence-corrected chi connectivity index (χ3v) is 1.84. The molecule has 5 nitrogen and oxygen atoms in total. The maximum atomic E-state index is 13.2. The van der Waals surface area contributed by atoms with Gasteiger partial charge in [-0.1, -0.05) is 12.1 Å². The Morgan fingerprint density at radius 3 is 2.81 bits per heavy atom. The van der Waals surface area contributed by atoms with E-state index in [1.807, 2.05) is 0 Å². The van der Waals surface area contributed by atoms with Crippen molar-refractivity contribution in [1.29, 1.82) is 0 Å².